The number of halogens is 5. The molecule has 0 aliphatic carbocycles. The van der Waals surface area contributed by atoms with Crippen LogP contribution in [0.1, 0.15) is 29.8 Å². The molecule has 5 nitrogen and oxygen atoms in total. The van der Waals surface area contributed by atoms with Crippen molar-refractivity contribution in [2.45, 2.75) is 24.9 Å². The Balaban J connectivity index is 2.46. The maximum absolute atomic E-state index is 14.2. The number of nitrogens with zero attached hydrogens (tertiary/aromatic N) is 1. The fraction of sp³-hybridized carbons (Fsp3) is 0.278. The van der Waals surface area contributed by atoms with Crippen molar-refractivity contribution in [1.29, 1.82) is 0 Å². The van der Waals surface area contributed by atoms with Crippen molar-refractivity contribution in [3.05, 3.63) is 58.4 Å². The smallest absolute Gasteiger partial charge is 0.321 e. The Kier molecular flexibility index (Phi) is 6.92. The highest BCUT2D eigenvalue weighted by molar-refractivity contribution is 7.89. The molecule has 0 saturated heterocycles. The van der Waals surface area contributed by atoms with Gasteiger partial charge in [0.15, 0.2) is 0 Å². The minimum Gasteiger partial charge on any atom is -0.321 e. The third kappa shape index (κ3) is 5.06. The molecule has 0 aromatic heterocycles. The van der Waals surface area contributed by atoms with Crippen LogP contribution in [0.25, 0.3) is 0 Å². The van der Waals surface area contributed by atoms with Crippen molar-refractivity contribution >= 4 is 33.2 Å². The van der Waals surface area contributed by atoms with E-state index in [0.29, 0.717) is 6.07 Å². The van der Waals surface area contributed by atoms with E-state index in [9.17, 15) is 30.8 Å². The van der Waals surface area contributed by atoms with E-state index in [-0.39, 0.29) is 23.0 Å². The van der Waals surface area contributed by atoms with Crippen LogP contribution in [0.15, 0.2) is 41.3 Å². The standard InChI is InChI=1S/C18H17ClF4N2O3S/c1-3-25(4-2)29(27,28)12-6-7-15(20)13(10-12)17(26)24-16-8-5-11(19)9-14(16)18(21,22)23/h5-10H,3-4H2,1-2H3,(H,24,26). The number of alkyl halides is 3. The second-order valence-corrected chi connectivity index (χ2v) is 8.25. The van der Waals surface area contributed by atoms with Gasteiger partial charge in [0.25, 0.3) is 5.91 Å². The first kappa shape index (κ1) is 23.1. The normalized spacial score (nSPS) is 12.3. The maximum Gasteiger partial charge on any atom is 0.418 e. The van der Waals surface area contributed by atoms with Gasteiger partial charge in [-0.1, -0.05) is 25.4 Å². The van der Waals surface area contributed by atoms with Gasteiger partial charge in [0, 0.05) is 18.1 Å². The fourth-order valence-electron chi connectivity index (χ4n) is 2.60. The van der Waals surface area contributed by atoms with Crippen LogP contribution in [0.4, 0.5) is 23.2 Å². The number of carbonyl (C=O) groups is 1. The SMILES string of the molecule is CCN(CC)S(=O)(=O)c1ccc(F)c(C(=O)Nc2ccc(Cl)cc2C(F)(F)F)c1. The molecule has 0 aliphatic heterocycles. The van der Waals surface area contributed by atoms with Crippen molar-refractivity contribution in [1.82, 2.24) is 4.31 Å². The Hall–Kier alpha value is -2.17. The van der Waals surface area contributed by atoms with Crippen molar-refractivity contribution in [2.24, 2.45) is 0 Å². The highest BCUT2D eigenvalue weighted by atomic mass is 35.5. The lowest BCUT2D eigenvalue weighted by Gasteiger charge is -2.19. The molecule has 1 N–H and O–H groups in total. The van der Waals surface area contributed by atoms with Crippen LogP contribution in [-0.2, 0) is 16.2 Å². The van der Waals surface area contributed by atoms with E-state index >= 15 is 0 Å². The molecule has 1 amide bonds. The van der Waals surface area contributed by atoms with Crippen molar-refractivity contribution in [3.63, 3.8) is 0 Å². The van der Waals surface area contributed by atoms with Crippen LogP contribution in [-0.4, -0.2) is 31.7 Å². The van der Waals surface area contributed by atoms with Crippen LogP contribution in [0.2, 0.25) is 5.02 Å². The summed E-state index contributed by atoms with van der Waals surface area (Å²) in [6, 6.07) is 5.23. The van der Waals surface area contributed by atoms with Gasteiger partial charge in [-0.2, -0.15) is 17.5 Å². The zero-order chi connectivity index (χ0) is 22.0. The number of benzene rings is 2. The molecule has 0 heterocycles. The number of sulfonamides is 1. The summed E-state index contributed by atoms with van der Waals surface area (Å²) in [5, 5.41) is 1.77. The number of anilines is 1. The molecule has 0 spiro atoms. The van der Waals surface area contributed by atoms with Gasteiger partial charge in [-0.15, -0.1) is 0 Å². The minimum atomic E-state index is -4.82. The minimum absolute atomic E-state index is 0.150. The lowest BCUT2D eigenvalue weighted by molar-refractivity contribution is -0.136. The monoisotopic (exact) mass is 452 g/mol. The third-order valence-electron chi connectivity index (χ3n) is 4.06. The Bertz CT molecular complexity index is 1020. The molecule has 0 bridgehead atoms. The Labute approximate surface area is 170 Å². The highest BCUT2D eigenvalue weighted by Crippen LogP contribution is 2.36. The van der Waals surface area contributed by atoms with Crippen LogP contribution >= 0.6 is 11.6 Å². The largest absolute Gasteiger partial charge is 0.418 e. The zero-order valence-corrected chi connectivity index (χ0v) is 16.9. The third-order valence-corrected chi connectivity index (χ3v) is 6.34. The Morgan fingerprint density at radius 2 is 1.72 bits per heavy atom. The first-order valence-corrected chi connectivity index (χ1v) is 10.2. The van der Waals surface area contributed by atoms with E-state index < -0.39 is 44.7 Å². The topological polar surface area (TPSA) is 66.5 Å². The number of amides is 1. The predicted molar refractivity (Wildman–Crippen MR) is 101 cm³/mol. The summed E-state index contributed by atoms with van der Waals surface area (Å²) in [6.07, 6.45) is -4.82. The van der Waals surface area contributed by atoms with E-state index in [2.05, 4.69) is 0 Å². The maximum atomic E-state index is 14.2. The van der Waals surface area contributed by atoms with Gasteiger partial charge in [-0.25, -0.2) is 12.8 Å². The van der Waals surface area contributed by atoms with E-state index in [1.54, 1.807) is 13.8 Å². The van der Waals surface area contributed by atoms with Gasteiger partial charge in [-0.05, 0) is 36.4 Å². The molecule has 2 aromatic carbocycles. The molecular formula is C18H17ClF4N2O3S. The van der Waals surface area contributed by atoms with Gasteiger partial charge in [0.1, 0.15) is 5.82 Å². The second-order valence-electron chi connectivity index (χ2n) is 5.87. The zero-order valence-electron chi connectivity index (χ0n) is 15.3. The summed E-state index contributed by atoms with van der Waals surface area (Å²) in [7, 11) is -3.99. The average Bonchev–Trinajstić information content (AvgIpc) is 2.63. The molecule has 0 aliphatic rings. The van der Waals surface area contributed by atoms with Crippen LogP contribution in [0.3, 0.4) is 0 Å². The van der Waals surface area contributed by atoms with Crippen molar-refractivity contribution < 1.29 is 30.8 Å². The number of carbonyl (C=O) groups excluding carboxylic acids is 1. The van der Waals surface area contributed by atoms with Gasteiger partial charge < -0.3 is 5.32 Å². The molecule has 0 atom stereocenters. The Morgan fingerprint density at radius 3 is 2.28 bits per heavy atom. The summed E-state index contributed by atoms with van der Waals surface area (Å²) in [6.45, 7) is 3.52. The first-order valence-electron chi connectivity index (χ1n) is 8.39. The lowest BCUT2D eigenvalue weighted by Crippen LogP contribution is -2.31. The molecular weight excluding hydrogens is 436 g/mol. The van der Waals surface area contributed by atoms with E-state index in [0.717, 1.165) is 34.6 Å². The summed E-state index contributed by atoms with van der Waals surface area (Å²) in [5.74, 6) is -2.31. The fourth-order valence-corrected chi connectivity index (χ4v) is 4.26. The number of nitrogens with one attached hydrogen (secondary N) is 1. The molecule has 0 unspecified atom stereocenters. The molecule has 0 saturated carbocycles. The van der Waals surface area contributed by atoms with Gasteiger partial charge in [-0.3, -0.25) is 4.79 Å². The molecule has 2 rings (SSSR count). The van der Waals surface area contributed by atoms with Crippen LogP contribution in [0.5, 0.6) is 0 Å². The second kappa shape index (κ2) is 8.68. The summed E-state index contributed by atoms with van der Waals surface area (Å²) in [4.78, 5) is 12.1. The van der Waals surface area contributed by atoms with Crippen molar-refractivity contribution in [3.8, 4) is 0 Å². The molecule has 0 radical (unpaired) electrons. The molecule has 2 aromatic rings. The quantitative estimate of drug-likeness (QED) is 0.641. The number of hydrogen-bond donors (Lipinski definition) is 1. The summed E-state index contributed by atoms with van der Waals surface area (Å²) >= 11 is 5.59. The molecule has 0 fully saturated rings. The Morgan fingerprint density at radius 1 is 1.10 bits per heavy atom. The number of hydrogen-bond acceptors (Lipinski definition) is 3. The van der Waals surface area contributed by atoms with E-state index in [4.69, 9.17) is 11.6 Å². The van der Waals surface area contributed by atoms with Crippen LogP contribution in [0, 0.1) is 5.82 Å². The van der Waals surface area contributed by atoms with E-state index in [1.165, 1.54) is 0 Å². The molecule has 29 heavy (non-hydrogen) atoms. The predicted octanol–water partition coefficient (Wildman–Crippen LogP) is 4.78. The van der Waals surface area contributed by atoms with Crippen molar-refractivity contribution in [2.75, 3.05) is 18.4 Å². The van der Waals surface area contributed by atoms with Crippen LogP contribution < -0.4 is 5.32 Å². The lowest BCUT2D eigenvalue weighted by atomic mass is 10.1. The summed E-state index contributed by atoms with van der Waals surface area (Å²) < 4.78 is 79.9. The average molecular weight is 453 g/mol. The van der Waals surface area contributed by atoms with Gasteiger partial charge >= 0.3 is 6.18 Å². The highest BCUT2D eigenvalue weighted by Gasteiger charge is 2.34. The number of rotatable bonds is 6. The first-order chi connectivity index (χ1) is 13.4. The van der Waals surface area contributed by atoms with Gasteiger partial charge in [0.2, 0.25) is 10.0 Å². The molecule has 11 heteroatoms. The van der Waals surface area contributed by atoms with E-state index in [1.807, 2.05) is 5.32 Å². The summed E-state index contributed by atoms with van der Waals surface area (Å²) in [5.41, 5.74) is -2.56. The van der Waals surface area contributed by atoms with Gasteiger partial charge in [0.05, 0.1) is 21.7 Å². The molecule has 158 valence electrons.